The number of thioether (sulfide) groups is 1. The van der Waals surface area contributed by atoms with Crippen molar-refractivity contribution in [1.29, 1.82) is 0 Å². The lowest BCUT2D eigenvalue weighted by Crippen LogP contribution is -2.42. The molecule has 0 unspecified atom stereocenters. The Morgan fingerprint density at radius 3 is 2.76 bits per heavy atom. The second kappa shape index (κ2) is 7.24. The molecule has 3 aromatic rings. The van der Waals surface area contributed by atoms with E-state index in [1.54, 1.807) is 24.3 Å². The lowest BCUT2D eigenvalue weighted by molar-refractivity contribution is -0.119. The third-order valence-corrected chi connectivity index (χ3v) is 5.79. The quantitative estimate of drug-likeness (QED) is 0.413. The van der Waals surface area contributed by atoms with Gasteiger partial charge in [0.2, 0.25) is 5.91 Å². The maximum absolute atomic E-state index is 12.0. The Kier molecular flexibility index (Phi) is 5.05. The SMILES string of the molecule is Cc1occc1C(=O)NNC(=O)CSc1ncnc2sc(C)c(C)c12. The van der Waals surface area contributed by atoms with E-state index in [1.807, 2.05) is 13.8 Å². The van der Waals surface area contributed by atoms with Gasteiger partial charge < -0.3 is 4.42 Å². The van der Waals surface area contributed by atoms with E-state index in [9.17, 15) is 9.59 Å². The second-order valence-electron chi connectivity index (χ2n) is 5.32. The minimum Gasteiger partial charge on any atom is -0.469 e. The van der Waals surface area contributed by atoms with Gasteiger partial charge >= 0.3 is 0 Å². The van der Waals surface area contributed by atoms with Crippen molar-refractivity contribution >= 4 is 45.1 Å². The van der Waals surface area contributed by atoms with Crippen molar-refractivity contribution in [2.45, 2.75) is 25.8 Å². The van der Waals surface area contributed by atoms with Gasteiger partial charge in [0.25, 0.3) is 5.91 Å². The number of aryl methyl sites for hydroxylation is 3. The van der Waals surface area contributed by atoms with Crippen molar-refractivity contribution in [2.75, 3.05) is 5.75 Å². The molecule has 3 heterocycles. The number of aromatic nitrogens is 2. The van der Waals surface area contributed by atoms with E-state index in [0.717, 1.165) is 20.8 Å². The predicted octanol–water partition coefficient (Wildman–Crippen LogP) is 2.76. The molecule has 0 fully saturated rings. The number of hydrogen-bond acceptors (Lipinski definition) is 7. The van der Waals surface area contributed by atoms with Crippen LogP contribution in [0.1, 0.15) is 26.6 Å². The van der Waals surface area contributed by atoms with Gasteiger partial charge in [-0.3, -0.25) is 20.4 Å². The molecule has 3 rings (SSSR count). The zero-order valence-electron chi connectivity index (χ0n) is 13.9. The van der Waals surface area contributed by atoms with Gasteiger partial charge in [0.1, 0.15) is 21.9 Å². The second-order valence-corrected chi connectivity index (χ2v) is 7.49. The van der Waals surface area contributed by atoms with Crippen LogP contribution in [0.25, 0.3) is 10.2 Å². The summed E-state index contributed by atoms with van der Waals surface area (Å²) in [4.78, 5) is 34.6. The summed E-state index contributed by atoms with van der Waals surface area (Å²) in [5, 5.41) is 1.75. The summed E-state index contributed by atoms with van der Waals surface area (Å²) >= 11 is 2.92. The fourth-order valence-electron chi connectivity index (χ4n) is 2.24. The summed E-state index contributed by atoms with van der Waals surface area (Å²) < 4.78 is 5.06. The summed E-state index contributed by atoms with van der Waals surface area (Å²) in [6.45, 7) is 5.74. The standard InChI is InChI=1S/C16H16N4O3S2/c1-8-10(3)25-16-13(8)15(17-7-18-16)24-6-12(21)19-20-14(22)11-4-5-23-9(11)2/h4-5,7H,6H2,1-3H3,(H,19,21)(H,20,22). The fraction of sp³-hybridized carbons (Fsp3) is 0.250. The number of carbonyl (C=O) groups excluding carboxylic acids is 2. The Bertz CT molecular complexity index is 948. The molecule has 0 spiro atoms. The van der Waals surface area contributed by atoms with E-state index < -0.39 is 5.91 Å². The molecule has 9 heteroatoms. The number of carbonyl (C=O) groups is 2. The highest BCUT2D eigenvalue weighted by Crippen LogP contribution is 2.34. The number of furan rings is 1. The van der Waals surface area contributed by atoms with Gasteiger partial charge in [-0.15, -0.1) is 11.3 Å². The molecule has 7 nitrogen and oxygen atoms in total. The predicted molar refractivity (Wildman–Crippen MR) is 96.7 cm³/mol. The van der Waals surface area contributed by atoms with Crippen LogP contribution >= 0.6 is 23.1 Å². The van der Waals surface area contributed by atoms with E-state index in [0.29, 0.717) is 11.3 Å². The smallest absolute Gasteiger partial charge is 0.273 e. The van der Waals surface area contributed by atoms with Crippen LogP contribution in [-0.2, 0) is 4.79 Å². The number of nitrogens with zero attached hydrogens (tertiary/aromatic N) is 2. The molecule has 0 aliphatic heterocycles. The fourth-order valence-corrected chi connectivity index (χ4v) is 4.16. The van der Waals surface area contributed by atoms with E-state index in [2.05, 4.69) is 20.8 Å². The summed E-state index contributed by atoms with van der Waals surface area (Å²) in [5.41, 5.74) is 6.28. The highest BCUT2D eigenvalue weighted by molar-refractivity contribution is 8.00. The largest absolute Gasteiger partial charge is 0.469 e. The number of nitrogens with one attached hydrogen (secondary N) is 2. The molecule has 0 aliphatic rings. The van der Waals surface area contributed by atoms with Gasteiger partial charge in [0, 0.05) is 10.3 Å². The highest BCUT2D eigenvalue weighted by Gasteiger charge is 2.15. The van der Waals surface area contributed by atoms with Crippen LogP contribution < -0.4 is 10.9 Å². The molecule has 0 saturated heterocycles. The van der Waals surface area contributed by atoms with Crippen LogP contribution in [-0.4, -0.2) is 27.5 Å². The molecule has 0 aromatic carbocycles. The summed E-state index contributed by atoms with van der Waals surface area (Å²) in [6.07, 6.45) is 2.93. The number of hydrogen-bond donors (Lipinski definition) is 2. The average Bonchev–Trinajstić information content (AvgIpc) is 3.14. The van der Waals surface area contributed by atoms with Crippen LogP contribution in [0, 0.1) is 20.8 Å². The first-order valence-corrected chi connectivity index (χ1v) is 9.24. The first-order chi connectivity index (χ1) is 12.0. The molecule has 2 amide bonds. The third kappa shape index (κ3) is 3.67. The van der Waals surface area contributed by atoms with Crippen molar-refractivity contribution in [3.8, 4) is 0 Å². The van der Waals surface area contributed by atoms with Crippen LogP contribution in [0.2, 0.25) is 0 Å². The average molecular weight is 376 g/mol. The summed E-state index contributed by atoms with van der Waals surface area (Å²) in [6, 6.07) is 1.55. The van der Waals surface area contributed by atoms with Crippen LogP contribution in [0.5, 0.6) is 0 Å². The van der Waals surface area contributed by atoms with Gasteiger partial charge in [-0.05, 0) is 32.4 Å². The number of thiophene rings is 1. The number of hydrazine groups is 1. The maximum Gasteiger partial charge on any atom is 0.273 e. The van der Waals surface area contributed by atoms with E-state index >= 15 is 0 Å². The molecule has 0 bridgehead atoms. The molecule has 130 valence electrons. The normalized spacial score (nSPS) is 10.8. The van der Waals surface area contributed by atoms with Crippen LogP contribution in [0.15, 0.2) is 28.1 Å². The van der Waals surface area contributed by atoms with Gasteiger partial charge in [0.15, 0.2) is 0 Å². The first kappa shape index (κ1) is 17.4. The van der Waals surface area contributed by atoms with Gasteiger partial charge in [-0.1, -0.05) is 11.8 Å². The molecule has 0 atom stereocenters. The Hall–Kier alpha value is -2.39. The van der Waals surface area contributed by atoms with Gasteiger partial charge in [0.05, 0.1) is 17.6 Å². The summed E-state index contributed by atoms with van der Waals surface area (Å²) in [5.74, 6) is -0.118. The number of rotatable bonds is 4. The number of fused-ring (bicyclic) bond motifs is 1. The van der Waals surface area contributed by atoms with Crippen molar-refractivity contribution in [1.82, 2.24) is 20.8 Å². The lowest BCUT2D eigenvalue weighted by Gasteiger charge is -2.07. The minimum absolute atomic E-state index is 0.130. The van der Waals surface area contributed by atoms with Crippen molar-refractivity contribution < 1.29 is 14.0 Å². The van der Waals surface area contributed by atoms with E-state index in [4.69, 9.17) is 4.42 Å². The zero-order valence-corrected chi connectivity index (χ0v) is 15.5. The first-order valence-electron chi connectivity index (χ1n) is 7.44. The van der Waals surface area contributed by atoms with Crippen LogP contribution in [0.3, 0.4) is 0 Å². The molecule has 0 aliphatic carbocycles. The van der Waals surface area contributed by atoms with E-state index in [-0.39, 0.29) is 11.7 Å². The topological polar surface area (TPSA) is 97.1 Å². The maximum atomic E-state index is 12.0. The molecular weight excluding hydrogens is 360 g/mol. The molecule has 2 N–H and O–H groups in total. The number of amides is 2. The van der Waals surface area contributed by atoms with Gasteiger partial charge in [-0.25, -0.2) is 9.97 Å². The summed E-state index contributed by atoms with van der Waals surface area (Å²) in [7, 11) is 0. The Balaban J connectivity index is 1.60. The highest BCUT2D eigenvalue weighted by atomic mass is 32.2. The van der Waals surface area contributed by atoms with E-state index in [1.165, 1.54) is 29.2 Å². The Morgan fingerprint density at radius 2 is 2.04 bits per heavy atom. The molecular formula is C16H16N4O3S2. The van der Waals surface area contributed by atoms with Crippen molar-refractivity contribution in [3.63, 3.8) is 0 Å². The zero-order chi connectivity index (χ0) is 18.0. The Morgan fingerprint density at radius 1 is 1.24 bits per heavy atom. The monoisotopic (exact) mass is 376 g/mol. The molecule has 0 saturated carbocycles. The molecule has 25 heavy (non-hydrogen) atoms. The minimum atomic E-state index is -0.418. The van der Waals surface area contributed by atoms with Crippen LogP contribution in [0.4, 0.5) is 0 Å². The lowest BCUT2D eigenvalue weighted by atomic mass is 10.2. The third-order valence-electron chi connectivity index (χ3n) is 3.69. The van der Waals surface area contributed by atoms with Gasteiger partial charge in [-0.2, -0.15) is 0 Å². The molecule has 3 aromatic heterocycles. The Labute approximate surface area is 152 Å². The van der Waals surface area contributed by atoms with Crippen molar-refractivity contribution in [3.05, 3.63) is 40.4 Å². The van der Waals surface area contributed by atoms with Crippen molar-refractivity contribution in [2.24, 2.45) is 0 Å². The molecule has 0 radical (unpaired) electrons.